The lowest BCUT2D eigenvalue weighted by Crippen LogP contribution is -2.45. The molecule has 4 rings (SSSR count). The van der Waals surface area contributed by atoms with Crippen molar-refractivity contribution >= 4 is 5.91 Å². The second-order valence-electron chi connectivity index (χ2n) is 8.20. The Morgan fingerprint density at radius 2 is 1.73 bits per heavy atom. The van der Waals surface area contributed by atoms with Gasteiger partial charge in [-0.05, 0) is 55.0 Å². The Bertz CT molecular complexity index is 877. The van der Waals surface area contributed by atoms with Gasteiger partial charge in [-0.15, -0.1) is 0 Å². The predicted molar refractivity (Wildman–Crippen MR) is 121 cm³/mol. The van der Waals surface area contributed by atoms with Crippen LogP contribution in [0.25, 0.3) is 11.1 Å². The van der Waals surface area contributed by atoms with Crippen LogP contribution < -0.4 is 0 Å². The molecule has 1 amide bonds. The highest BCUT2D eigenvalue weighted by Crippen LogP contribution is 2.44. The van der Waals surface area contributed by atoms with Gasteiger partial charge in [-0.2, -0.15) is 0 Å². The van der Waals surface area contributed by atoms with Crippen LogP contribution in [0.15, 0.2) is 61.0 Å². The summed E-state index contributed by atoms with van der Waals surface area (Å²) in [7, 11) is 0. The molecule has 2 aromatic carbocycles. The zero-order chi connectivity index (χ0) is 21.1. The fourth-order valence-electron chi connectivity index (χ4n) is 4.93. The fraction of sp³-hybridized carbons (Fsp3) is 0.423. The molecule has 30 heavy (non-hydrogen) atoms. The summed E-state index contributed by atoms with van der Waals surface area (Å²) in [5, 5.41) is 0. The number of hydrogen-bond acceptors (Lipinski definition) is 3. The lowest BCUT2D eigenvalue weighted by Gasteiger charge is -2.32. The second-order valence-corrected chi connectivity index (χ2v) is 8.20. The Morgan fingerprint density at radius 3 is 2.33 bits per heavy atom. The van der Waals surface area contributed by atoms with Crippen LogP contribution in [0.5, 0.6) is 0 Å². The van der Waals surface area contributed by atoms with Crippen molar-refractivity contribution < 1.29 is 9.53 Å². The minimum atomic E-state index is -0.146. The molecule has 1 heterocycles. The summed E-state index contributed by atoms with van der Waals surface area (Å²) in [6.45, 7) is 11.3. The van der Waals surface area contributed by atoms with E-state index in [9.17, 15) is 4.79 Å². The number of carbonyl (C=O) groups excluding carboxylic acids is 1. The molecule has 0 spiro atoms. The first kappa shape index (κ1) is 20.5. The molecule has 158 valence electrons. The van der Waals surface area contributed by atoms with Crippen molar-refractivity contribution in [1.29, 1.82) is 0 Å². The van der Waals surface area contributed by atoms with Gasteiger partial charge in [-0.1, -0.05) is 55.5 Å². The molecular weight excluding hydrogens is 372 g/mol. The SMILES string of the molecule is C=C(OCC1c2ccccc2-c2ccccc21)N1CCCC1C(=O)N(CC)CCC. The van der Waals surface area contributed by atoms with Gasteiger partial charge in [0.25, 0.3) is 0 Å². The first-order valence-electron chi connectivity index (χ1n) is 11.2. The van der Waals surface area contributed by atoms with Crippen LogP contribution in [-0.4, -0.2) is 48.0 Å². The number of fused-ring (bicyclic) bond motifs is 3. The zero-order valence-corrected chi connectivity index (χ0v) is 18.1. The summed E-state index contributed by atoms with van der Waals surface area (Å²) in [6, 6.07) is 17.0. The molecular formula is C26H32N2O2. The maximum absolute atomic E-state index is 13.1. The zero-order valence-electron chi connectivity index (χ0n) is 18.1. The first-order chi connectivity index (χ1) is 14.7. The average Bonchev–Trinajstić information content (AvgIpc) is 3.39. The Morgan fingerprint density at radius 1 is 1.10 bits per heavy atom. The van der Waals surface area contributed by atoms with Crippen LogP contribution >= 0.6 is 0 Å². The summed E-state index contributed by atoms with van der Waals surface area (Å²) in [4.78, 5) is 17.1. The molecule has 1 unspecified atom stereocenters. The smallest absolute Gasteiger partial charge is 0.245 e. The van der Waals surface area contributed by atoms with E-state index in [4.69, 9.17) is 4.74 Å². The van der Waals surface area contributed by atoms with Gasteiger partial charge in [0.15, 0.2) is 5.88 Å². The fourth-order valence-corrected chi connectivity index (χ4v) is 4.93. The molecule has 1 aliphatic carbocycles. The van der Waals surface area contributed by atoms with E-state index in [0.29, 0.717) is 12.5 Å². The number of likely N-dealkylation sites (tertiary alicyclic amines) is 1. The van der Waals surface area contributed by atoms with Gasteiger partial charge in [-0.25, -0.2) is 0 Å². The van der Waals surface area contributed by atoms with E-state index in [1.54, 1.807) is 0 Å². The Labute approximate surface area is 180 Å². The van der Waals surface area contributed by atoms with Crippen molar-refractivity contribution in [3.63, 3.8) is 0 Å². The van der Waals surface area contributed by atoms with Crippen LogP contribution in [0, 0.1) is 0 Å². The normalized spacial score (nSPS) is 17.5. The van der Waals surface area contributed by atoms with Crippen molar-refractivity contribution in [1.82, 2.24) is 9.80 Å². The van der Waals surface area contributed by atoms with Crippen molar-refractivity contribution in [3.05, 3.63) is 72.1 Å². The topological polar surface area (TPSA) is 32.8 Å². The molecule has 0 aromatic heterocycles. The van der Waals surface area contributed by atoms with Gasteiger partial charge in [0.2, 0.25) is 5.91 Å². The largest absolute Gasteiger partial charge is 0.478 e. The minimum absolute atomic E-state index is 0.146. The molecule has 0 bridgehead atoms. The molecule has 1 saturated heterocycles. The van der Waals surface area contributed by atoms with Crippen LogP contribution in [0.2, 0.25) is 0 Å². The average molecular weight is 405 g/mol. The van der Waals surface area contributed by atoms with Crippen molar-refractivity contribution in [2.45, 2.75) is 45.1 Å². The van der Waals surface area contributed by atoms with E-state index in [-0.39, 0.29) is 17.9 Å². The van der Waals surface area contributed by atoms with Crippen LogP contribution in [-0.2, 0) is 9.53 Å². The quantitative estimate of drug-likeness (QED) is 0.580. The molecule has 0 saturated carbocycles. The summed E-state index contributed by atoms with van der Waals surface area (Å²) < 4.78 is 6.24. The van der Waals surface area contributed by atoms with Gasteiger partial charge in [0.1, 0.15) is 12.6 Å². The van der Waals surface area contributed by atoms with Crippen molar-refractivity contribution in [2.24, 2.45) is 0 Å². The van der Waals surface area contributed by atoms with E-state index in [1.807, 2.05) is 11.8 Å². The summed E-state index contributed by atoms with van der Waals surface area (Å²) in [5.41, 5.74) is 5.20. The third kappa shape index (κ3) is 3.71. The number of hydrogen-bond donors (Lipinski definition) is 0. The van der Waals surface area contributed by atoms with E-state index in [1.165, 1.54) is 22.3 Å². The van der Waals surface area contributed by atoms with Crippen LogP contribution in [0.4, 0.5) is 0 Å². The lowest BCUT2D eigenvalue weighted by molar-refractivity contribution is -0.136. The van der Waals surface area contributed by atoms with Gasteiger partial charge < -0.3 is 14.5 Å². The Kier molecular flexibility index (Phi) is 6.12. The van der Waals surface area contributed by atoms with Crippen LogP contribution in [0.3, 0.4) is 0 Å². The van der Waals surface area contributed by atoms with Gasteiger partial charge >= 0.3 is 0 Å². The van der Waals surface area contributed by atoms with Crippen molar-refractivity contribution in [3.8, 4) is 11.1 Å². The van der Waals surface area contributed by atoms with Gasteiger partial charge in [0.05, 0.1) is 0 Å². The third-order valence-corrected chi connectivity index (χ3v) is 6.42. The number of benzene rings is 2. The number of likely N-dealkylation sites (N-methyl/N-ethyl adjacent to an activating group) is 1. The van der Waals surface area contributed by atoms with Crippen molar-refractivity contribution in [2.75, 3.05) is 26.2 Å². The first-order valence-corrected chi connectivity index (χ1v) is 11.2. The molecule has 0 radical (unpaired) electrons. The highest BCUT2D eigenvalue weighted by atomic mass is 16.5. The predicted octanol–water partition coefficient (Wildman–Crippen LogP) is 5.01. The maximum Gasteiger partial charge on any atom is 0.245 e. The Hall–Kier alpha value is -2.75. The molecule has 4 nitrogen and oxygen atoms in total. The van der Waals surface area contributed by atoms with E-state index >= 15 is 0 Å². The number of nitrogens with zero attached hydrogens (tertiary/aromatic N) is 2. The summed E-state index contributed by atoms with van der Waals surface area (Å²) in [5.74, 6) is 1.02. The minimum Gasteiger partial charge on any atom is -0.478 e. The molecule has 2 aromatic rings. The van der Waals surface area contributed by atoms with Gasteiger partial charge in [-0.3, -0.25) is 4.79 Å². The second kappa shape index (κ2) is 8.95. The van der Waals surface area contributed by atoms with Crippen LogP contribution in [0.1, 0.15) is 50.2 Å². The van der Waals surface area contributed by atoms with Gasteiger partial charge in [0, 0.05) is 25.6 Å². The monoisotopic (exact) mass is 404 g/mol. The highest BCUT2D eigenvalue weighted by Gasteiger charge is 2.35. The van der Waals surface area contributed by atoms with E-state index in [2.05, 4.69) is 66.9 Å². The van der Waals surface area contributed by atoms with E-state index in [0.717, 1.165) is 38.9 Å². The molecule has 0 N–H and O–H groups in total. The highest BCUT2D eigenvalue weighted by molar-refractivity contribution is 5.82. The summed E-state index contributed by atoms with van der Waals surface area (Å²) in [6.07, 6.45) is 2.85. The number of rotatable bonds is 8. The molecule has 1 aliphatic heterocycles. The molecule has 1 atom stereocenters. The number of amides is 1. The molecule has 2 aliphatic rings. The molecule has 1 fully saturated rings. The molecule has 4 heteroatoms. The lowest BCUT2D eigenvalue weighted by atomic mass is 9.98. The van der Waals surface area contributed by atoms with E-state index < -0.39 is 0 Å². The standard InChI is InChI=1S/C26H32N2O2/c1-4-16-27(5-2)26(29)25-15-10-17-28(25)19(3)30-18-24-22-13-8-6-11-20(22)21-12-7-9-14-23(21)24/h6-9,11-14,24-25H,3-5,10,15-18H2,1-2H3. The number of carbonyl (C=O) groups is 1. The summed E-state index contributed by atoms with van der Waals surface area (Å²) >= 11 is 0. The Balaban J connectivity index is 1.46. The number of ether oxygens (including phenoxy) is 1. The third-order valence-electron chi connectivity index (χ3n) is 6.42. The maximum atomic E-state index is 13.1.